The van der Waals surface area contributed by atoms with E-state index < -0.39 is 6.10 Å². The third kappa shape index (κ3) is 49.7. The zero-order chi connectivity index (χ0) is 45.9. The maximum absolute atomic E-state index is 12.8. The van der Waals surface area contributed by atoms with Crippen molar-refractivity contribution in [2.75, 3.05) is 13.2 Å². The molecule has 0 aliphatic rings. The van der Waals surface area contributed by atoms with Gasteiger partial charge in [0.1, 0.15) is 13.2 Å². The minimum atomic E-state index is -0.761. The van der Waals surface area contributed by atoms with Crippen LogP contribution in [0.5, 0.6) is 0 Å². The van der Waals surface area contributed by atoms with E-state index in [9.17, 15) is 14.4 Å². The van der Waals surface area contributed by atoms with Gasteiger partial charge in [-0.05, 0) is 25.2 Å². The summed E-state index contributed by atoms with van der Waals surface area (Å²) in [4.78, 5) is 38.1. The van der Waals surface area contributed by atoms with Crippen LogP contribution in [0.3, 0.4) is 0 Å². The summed E-state index contributed by atoms with van der Waals surface area (Å²) in [6, 6.07) is 0. The highest BCUT2D eigenvalue weighted by atomic mass is 16.6. The number of rotatable bonds is 52. The molecule has 0 spiro atoms. The summed E-state index contributed by atoms with van der Waals surface area (Å²) in [5.74, 6) is 0.0310. The number of carbonyl (C=O) groups is 3. The lowest BCUT2D eigenvalue weighted by Crippen LogP contribution is -2.30. The van der Waals surface area contributed by atoms with E-state index in [4.69, 9.17) is 14.2 Å². The SMILES string of the molecule is CCCCCCCCCCCCCCCCCCCCCC(=O)OC[C@@H](COC(=O)CCCCCCCCCCCCC(C)CC)OC(=O)CCCCCCCCCCCCCC. The van der Waals surface area contributed by atoms with E-state index in [-0.39, 0.29) is 31.1 Å². The molecule has 0 N–H and O–H groups in total. The molecule has 0 aromatic rings. The molecule has 0 amide bonds. The lowest BCUT2D eigenvalue weighted by molar-refractivity contribution is -0.167. The van der Waals surface area contributed by atoms with Gasteiger partial charge in [0, 0.05) is 19.3 Å². The van der Waals surface area contributed by atoms with Gasteiger partial charge in [-0.1, -0.05) is 285 Å². The maximum atomic E-state index is 12.8. The first-order valence-corrected chi connectivity index (χ1v) is 28.4. The van der Waals surface area contributed by atoms with Crippen LogP contribution in [-0.4, -0.2) is 37.2 Å². The molecule has 1 unspecified atom stereocenters. The number of hydrogen-bond donors (Lipinski definition) is 0. The highest BCUT2D eigenvalue weighted by Crippen LogP contribution is 2.18. The Hall–Kier alpha value is -1.59. The van der Waals surface area contributed by atoms with Crippen molar-refractivity contribution in [3.8, 4) is 0 Å². The minimum absolute atomic E-state index is 0.0622. The summed E-state index contributed by atoms with van der Waals surface area (Å²) in [6.07, 6.45) is 55.1. The van der Waals surface area contributed by atoms with E-state index in [0.717, 1.165) is 63.7 Å². The van der Waals surface area contributed by atoms with Crippen molar-refractivity contribution >= 4 is 17.9 Å². The lowest BCUT2D eigenvalue weighted by atomic mass is 9.99. The number of esters is 3. The van der Waals surface area contributed by atoms with Crippen molar-refractivity contribution in [1.29, 1.82) is 0 Å². The molecular weight excluding hydrogens is 781 g/mol. The second kappa shape index (κ2) is 51.4. The maximum Gasteiger partial charge on any atom is 0.306 e. The monoisotopic (exact) mass is 891 g/mol. The molecule has 0 saturated heterocycles. The summed E-state index contributed by atoms with van der Waals surface area (Å²) in [6.45, 7) is 9.07. The van der Waals surface area contributed by atoms with Gasteiger partial charge < -0.3 is 14.2 Å². The molecule has 63 heavy (non-hydrogen) atoms. The standard InChI is InChI=1S/C57H110O6/c1-5-8-10-12-14-16-18-20-21-22-23-24-25-26-28-32-36-40-44-48-55(58)61-51-54(63-57(60)50-46-42-38-34-27-19-17-15-13-11-9-6-2)52-62-56(59)49-45-41-37-33-30-29-31-35-39-43-47-53(4)7-3/h53-54H,5-52H2,1-4H3/t53?,54-/m0/s1. The van der Waals surface area contributed by atoms with Gasteiger partial charge in [-0.25, -0.2) is 0 Å². The Kier molecular flexibility index (Phi) is 50.1. The number of carbonyl (C=O) groups excluding carboxylic acids is 3. The zero-order valence-corrected chi connectivity index (χ0v) is 43.0. The molecule has 374 valence electrons. The fourth-order valence-corrected chi connectivity index (χ4v) is 8.72. The Labute approximate surface area is 393 Å². The van der Waals surface area contributed by atoms with E-state index in [2.05, 4.69) is 27.7 Å². The molecule has 0 aliphatic heterocycles. The topological polar surface area (TPSA) is 78.9 Å². The molecule has 0 bridgehead atoms. The molecule has 0 radical (unpaired) electrons. The fraction of sp³-hybridized carbons (Fsp3) is 0.947. The molecular formula is C57H110O6. The van der Waals surface area contributed by atoms with Crippen molar-refractivity contribution in [2.24, 2.45) is 5.92 Å². The van der Waals surface area contributed by atoms with Crippen LogP contribution in [0, 0.1) is 5.92 Å². The van der Waals surface area contributed by atoms with Gasteiger partial charge >= 0.3 is 17.9 Å². The second-order valence-electron chi connectivity index (χ2n) is 19.8. The van der Waals surface area contributed by atoms with Crippen LogP contribution in [0.15, 0.2) is 0 Å². The largest absolute Gasteiger partial charge is 0.462 e. The molecule has 2 atom stereocenters. The first kappa shape index (κ1) is 61.4. The number of ether oxygens (including phenoxy) is 3. The molecule has 0 heterocycles. The third-order valence-corrected chi connectivity index (χ3v) is 13.4. The van der Waals surface area contributed by atoms with Gasteiger partial charge in [-0.3, -0.25) is 14.4 Å². The van der Waals surface area contributed by atoms with Gasteiger partial charge in [0.25, 0.3) is 0 Å². The van der Waals surface area contributed by atoms with Crippen molar-refractivity contribution in [2.45, 2.75) is 329 Å². The van der Waals surface area contributed by atoms with Gasteiger partial charge in [-0.15, -0.1) is 0 Å². The Bertz CT molecular complexity index is 951. The van der Waals surface area contributed by atoms with Gasteiger partial charge in [-0.2, -0.15) is 0 Å². The summed E-state index contributed by atoms with van der Waals surface area (Å²) >= 11 is 0. The van der Waals surface area contributed by atoms with E-state index in [0.29, 0.717) is 19.3 Å². The highest BCUT2D eigenvalue weighted by molar-refractivity contribution is 5.71. The highest BCUT2D eigenvalue weighted by Gasteiger charge is 2.19. The van der Waals surface area contributed by atoms with Crippen LogP contribution in [0.4, 0.5) is 0 Å². The zero-order valence-electron chi connectivity index (χ0n) is 43.0. The average molecular weight is 892 g/mol. The molecule has 0 aromatic carbocycles. The van der Waals surface area contributed by atoms with Crippen molar-refractivity contribution in [1.82, 2.24) is 0 Å². The van der Waals surface area contributed by atoms with Gasteiger partial charge in [0.15, 0.2) is 6.10 Å². The Morgan fingerprint density at radius 1 is 0.317 bits per heavy atom. The average Bonchev–Trinajstić information content (AvgIpc) is 3.28. The van der Waals surface area contributed by atoms with E-state index in [1.165, 1.54) is 218 Å². The van der Waals surface area contributed by atoms with Crippen LogP contribution in [0.2, 0.25) is 0 Å². The third-order valence-electron chi connectivity index (χ3n) is 13.4. The summed E-state index contributed by atoms with van der Waals surface area (Å²) in [5.41, 5.74) is 0. The van der Waals surface area contributed by atoms with Gasteiger partial charge in [0.2, 0.25) is 0 Å². The Morgan fingerprint density at radius 2 is 0.556 bits per heavy atom. The van der Waals surface area contributed by atoms with Crippen LogP contribution < -0.4 is 0 Å². The summed E-state index contributed by atoms with van der Waals surface area (Å²) < 4.78 is 16.9. The summed E-state index contributed by atoms with van der Waals surface area (Å²) in [5, 5.41) is 0. The van der Waals surface area contributed by atoms with Crippen LogP contribution >= 0.6 is 0 Å². The molecule has 0 rings (SSSR count). The smallest absolute Gasteiger partial charge is 0.306 e. The lowest BCUT2D eigenvalue weighted by Gasteiger charge is -2.18. The van der Waals surface area contributed by atoms with Crippen LogP contribution in [0.1, 0.15) is 323 Å². The van der Waals surface area contributed by atoms with Crippen molar-refractivity contribution in [3.05, 3.63) is 0 Å². The normalized spacial score (nSPS) is 12.4. The first-order chi connectivity index (χ1) is 30.9. The predicted molar refractivity (Wildman–Crippen MR) is 270 cm³/mol. The summed E-state index contributed by atoms with van der Waals surface area (Å²) in [7, 11) is 0. The first-order valence-electron chi connectivity index (χ1n) is 28.4. The molecule has 0 aliphatic carbocycles. The minimum Gasteiger partial charge on any atom is -0.462 e. The molecule has 0 aromatic heterocycles. The second-order valence-corrected chi connectivity index (χ2v) is 19.8. The number of hydrogen-bond acceptors (Lipinski definition) is 6. The van der Waals surface area contributed by atoms with Crippen LogP contribution in [-0.2, 0) is 28.6 Å². The molecule has 0 fully saturated rings. The van der Waals surface area contributed by atoms with Crippen molar-refractivity contribution in [3.63, 3.8) is 0 Å². The quantitative estimate of drug-likeness (QED) is 0.0344. The fourth-order valence-electron chi connectivity index (χ4n) is 8.72. The molecule has 6 nitrogen and oxygen atoms in total. The number of unbranched alkanes of at least 4 members (excludes halogenated alkanes) is 38. The molecule has 0 saturated carbocycles. The Morgan fingerprint density at radius 3 is 0.825 bits per heavy atom. The van der Waals surface area contributed by atoms with E-state index in [1.807, 2.05) is 0 Å². The van der Waals surface area contributed by atoms with E-state index in [1.54, 1.807) is 0 Å². The van der Waals surface area contributed by atoms with Crippen molar-refractivity contribution < 1.29 is 28.6 Å². The predicted octanol–water partition coefficient (Wildman–Crippen LogP) is 18.6. The molecule has 6 heteroatoms. The van der Waals surface area contributed by atoms with E-state index >= 15 is 0 Å². The van der Waals surface area contributed by atoms with Gasteiger partial charge in [0.05, 0.1) is 0 Å². The Balaban J connectivity index is 4.25. The van der Waals surface area contributed by atoms with Crippen LogP contribution in [0.25, 0.3) is 0 Å².